The largest absolute Gasteiger partial charge is 0.334 e. The Balaban J connectivity index is 3.47. The van der Waals surface area contributed by atoms with Gasteiger partial charge in [0.2, 0.25) is 0 Å². The average molecular weight is 211 g/mol. The molecule has 0 fully saturated rings. The van der Waals surface area contributed by atoms with Crippen LogP contribution in [0.3, 0.4) is 0 Å². The molecule has 6 N–H and O–H groups in total. The molecule has 0 aliphatic rings. The van der Waals surface area contributed by atoms with E-state index in [1.165, 1.54) is 0 Å². The van der Waals surface area contributed by atoms with E-state index in [9.17, 15) is 8.42 Å². The minimum absolute atomic E-state index is 0.469. The van der Waals surface area contributed by atoms with Gasteiger partial charge in [0.25, 0.3) is 0 Å². The molecule has 80 valence electrons. The Kier molecular flexibility index (Phi) is 6.17. The van der Waals surface area contributed by atoms with Gasteiger partial charge in [-0.2, -0.15) is 8.42 Å². The van der Waals surface area contributed by atoms with Crippen LogP contribution in [0.25, 0.3) is 0 Å². The fourth-order valence-corrected chi connectivity index (χ4v) is 1.33. The highest BCUT2D eigenvalue weighted by Gasteiger charge is 2.10. The van der Waals surface area contributed by atoms with Crippen molar-refractivity contribution in [3.8, 4) is 0 Å². The van der Waals surface area contributed by atoms with Crippen LogP contribution in [0, 0.1) is 0 Å². The van der Waals surface area contributed by atoms with Gasteiger partial charge in [-0.15, -0.1) is 0 Å². The molecule has 0 spiro atoms. The molecule has 0 amide bonds. The van der Waals surface area contributed by atoms with Crippen LogP contribution in [-0.2, 0) is 14.5 Å². The van der Waals surface area contributed by atoms with Gasteiger partial charge in [-0.05, 0) is 25.8 Å². The van der Waals surface area contributed by atoms with Gasteiger partial charge in [0, 0.05) is 0 Å². The molecule has 0 bridgehead atoms. The molecule has 0 rings (SSSR count). The van der Waals surface area contributed by atoms with Crippen molar-refractivity contribution in [2.75, 3.05) is 6.54 Å². The van der Waals surface area contributed by atoms with Crippen molar-refractivity contribution in [2.45, 2.75) is 31.9 Å². The van der Waals surface area contributed by atoms with Gasteiger partial charge in [-0.25, -0.2) is 9.32 Å². The fourth-order valence-electron chi connectivity index (χ4n) is 0.887. The molecule has 0 aromatic rings. The summed E-state index contributed by atoms with van der Waals surface area (Å²) in [6.45, 7) is 0.630. The molecule has 1 atom stereocenters. The molecule has 13 heavy (non-hydrogen) atoms. The van der Waals surface area contributed by atoms with Gasteiger partial charge >= 0.3 is 10.3 Å². The van der Waals surface area contributed by atoms with Gasteiger partial charge in [-0.1, -0.05) is 6.42 Å². The smallest absolute Gasteiger partial charge is 0.330 e. The Labute approximate surface area is 78.7 Å². The summed E-state index contributed by atoms with van der Waals surface area (Å²) in [7, 11) is -3.92. The van der Waals surface area contributed by atoms with Gasteiger partial charge < -0.3 is 11.5 Å². The first-order valence-electron chi connectivity index (χ1n) is 4.12. The standard InChI is InChI=1S/C6H17N3O3S/c7-5-3-1-2-4-6(8)12-13(9,10)11/h6H,1-5,7-8H2,(H2,9,10,11). The van der Waals surface area contributed by atoms with Gasteiger partial charge in [0.15, 0.2) is 0 Å². The van der Waals surface area contributed by atoms with Gasteiger partial charge in [0.05, 0.1) is 0 Å². The molecule has 0 saturated heterocycles. The summed E-state index contributed by atoms with van der Waals surface area (Å²) in [6.07, 6.45) is 2.23. The molecular weight excluding hydrogens is 194 g/mol. The summed E-state index contributed by atoms with van der Waals surface area (Å²) >= 11 is 0. The summed E-state index contributed by atoms with van der Waals surface area (Å²) in [5.74, 6) is 0. The van der Waals surface area contributed by atoms with Crippen LogP contribution < -0.4 is 16.6 Å². The predicted octanol–water partition coefficient (Wildman–Crippen LogP) is -0.990. The Morgan fingerprint density at radius 2 is 1.85 bits per heavy atom. The molecule has 0 aromatic carbocycles. The van der Waals surface area contributed by atoms with E-state index in [4.69, 9.17) is 11.5 Å². The average Bonchev–Trinajstić information content (AvgIpc) is 1.94. The SMILES string of the molecule is NCCCCCC(N)OS(N)(=O)=O. The highest BCUT2D eigenvalue weighted by Crippen LogP contribution is 2.03. The number of hydrogen-bond acceptors (Lipinski definition) is 5. The second-order valence-electron chi connectivity index (χ2n) is 2.77. The molecule has 1 unspecified atom stereocenters. The molecular formula is C6H17N3O3S. The van der Waals surface area contributed by atoms with E-state index in [0.717, 1.165) is 19.3 Å². The van der Waals surface area contributed by atoms with Crippen molar-refractivity contribution >= 4 is 10.3 Å². The van der Waals surface area contributed by atoms with Crippen molar-refractivity contribution in [1.82, 2.24) is 0 Å². The third kappa shape index (κ3) is 9.71. The quantitative estimate of drug-likeness (QED) is 0.369. The second-order valence-corrected chi connectivity index (χ2v) is 3.94. The number of rotatable bonds is 7. The zero-order valence-corrected chi connectivity index (χ0v) is 8.29. The van der Waals surface area contributed by atoms with Crippen LogP contribution in [0.15, 0.2) is 0 Å². The zero-order valence-electron chi connectivity index (χ0n) is 7.48. The normalized spacial score (nSPS) is 14.4. The number of unbranched alkanes of at least 4 members (excludes halogenated alkanes) is 2. The topological polar surface area (TPSA) is 121 Å². The van der Waals surface area contributed by atoms with Crippen molar-refractivity contribution < 1.29 is 12.6 Å². The third-order valence-corrected chi connectivity index (χ3v) is 1.97. The molecule has 0 radical (unpaired) electrons. The molecule has 0 aliphatic heterocycles. The Bertz CT molecular complexity index is 217. The summed E-state index contributed by atoms with van der Waals surface area (Å²) < 4.78 is 25.1. The predicted molar refractivity (Wildman–Crippen MR) is 49.7 cm³/mol. The maximum atomic E-state index is 10.4. The van der Waals surface area contributed by atoms with Crippen LogP contribution in [0.5, 0.6) is 0 Å². The van der Waals surface area contributed by atoms with Gasteiger partial charge in [0.1, 0.15) is 6.23 Å². The maximum absolute atomic E-state index is 10.4. The number of hydrogen-bond donors (Lipinski definition) is 3. The van der Waals surface area contributed by atoms with Crippen LogP contribution >= 0.6 is 0 Å². The number of nitrogens with two attached hydrogens (primary N) is 3. The van der Waals surface area contributed by atoms with E-state index in [2.05, 4.69) is 9.32 Å². The lowest BCUT2D eigenvalue weighted by Gasteiger charge is -2.09. The monoisotopic (exact) mass is 211 g/mol. The minimum atomic E-state index is -3.92. The van der Waals surface area contributed by atoms with E-state index < -0.39 is 16.5 Å². The minimum Gasteiger partial charge on any atom is -0.330 e. The highest BCUT2D eigenvalue weighted by molar-refractivity contribution is 7.84. The van der Waals surface area contributed by atoms with Crippen LogP contribution in [0.2, 0.25) is 0 Å². The molecule has 0 aromatic heterocycles. The molecule has 0 aliphatic carbocycles. The molecule has 0 heterocycles. The van der Waals surface area contributed by atoms with Crippen LogP contribution in [0.1, 0.15) is 25.7 Å². The molecule has 0 saturated carbocycles. The summed E-state index contributed by atoms with van der Waals surface area (Å²) in [5.41, 5.74) is 10.6. The van der Waals surface area contributed by atoms with E-state index in [1.807, 2.05) is 0 Å². The highest BCUT2D eigenvalue weighted by atomic mass is 32.2. The maximum Gasteiger partial charge on any atom is 0.334 e. The molecule has 7 heteroatoms. The molecule has 6 nitrogen and oxygen atoms in total. The van der Waals surface area contributed by atoms with E-state index in [-0.39, 0.29) is 0 Å². The Hall–Kier alpha value is -0.210. The summed E-state index contributed by atoms with van der Waals surface area (Å²) in [6, 6.07) is 0. The summed E-state index contributed by atoms with van der Waals surface area (Å²) in [5, 5.41) is 4.62. The first kappa shape index (κ1) is 12.8. The van der Waals surface area contributed by atoms with E-state index in [0.29, 0.717) is 13.0 Å². The first-order chi connectivity index (χ1) is 5.95. The van der Waals surface area contributed by atoms with Crippen molar-refractivity contribution in [1.29, 1.82) is 0 Å². The van der Waals surface area contributed by atoms with Crippen molar-refractivity contribution in [3.63, 3.8) is 0 Å². The lowest BCUT2D eigenvalue weighted by Crippen LogP contribution is -2.30. The zero-order chi connectivity index (χ0) is 10.3. The summed E-state index contributed by atoms with van der Waals surface area (Å²) in [4.78, 5) is 0. The van der Waals surface area contributed by atoms with E-state index in [1.54, 1.807) is 0 Å². The fraction of sp³-hybridized carbons (Fsp3) is 1.00. The van der Waals surface area contributed by atoms with Gasteiger partial charge in [-0.3, -0.25) is 0 Å². The van der Waals surface area contributed by atoms with E-state index >= 15 is 0 Å². The van der Waals surface area contributed by atoms with Crippen LogP contribution in [0.4, 0.5) is 0 Å². The Morgan fingerprint density at radius 3 is 2.31 bits per heavy atom. The first-order valence-corrected chi connectivity index (χ1v) is 5.59. The lowest BCUT2D eigenvalue weighted by atomic mass is 10.2. The lowest BCUT2D eigenvalue weighted by molar-refractivity contribution is 0.202. The second kappa shape index (κ2) is 6.28. The van der Waals surface area contributed by atoms with Crippen LogP contribution in [-0.4, -0.2) is 21.2 Å². The third-order valence-electron chi connectivity index (χ3n) is 1.45. The van der Waals surface area contributed by atoms with Crippen molar-refractivity contribution in [2.24, 2.45) is 16.6 Å². The van der Waals surface area contributed by atoms with Crippen molar-refractivity contribution in [3.05, 3.63) is 0 Å². The Morgan fingerprint density at radius 1 is 1.23 bits per heavy atom.